The van der Waals surface area contributed by atoms with Crippen LogP contribution in [-0.4, -0.2) is 5.11 Å². The molecule has 1 unspecified atom stereocenters. The Labute approximate surface area is 249 Å². The molecule has 1 nitrogen and oxygen atoms in total. The van der Waals surface area contributed by atoms with Crippen molar-refractivity contribution in [2.24, 2.45) is 0 Å². The van der Waals surface area contributed by atoms with Gasteiger partial charge >= 0.3 is 0 Å². The summed E-state index contributed by atoms with van der Waals surface area (Å²) in [7, 11) is 0. The van der Waals surface area contributed by atoms with Gasteiger partial charge < -0.3 is 5.11 Å². The van der Waals surface area contributed by atoms with Crippen LogP contribution in [0, 0.1) is 0 Å². The molecule has 4 aromatic heterocycles. The fourth-order valence-corrected chi connectivity index (χ4v) is 10.9. The van der Waals surface area contributed by atoms with Gasteiger partial charge in [0.1, 0.15) is 6.10 Å². The average Bonchev–Trinajstić information content (AvgIpc) is 3.59. The summed E-state index contributed by atoms with van der Waals surface area (Å²) in [6, 6.07) is 9.02. The number of unbranched alkanes of at least 4 members (excludes halogenated alkanes) is 7. The molecular weight excluding hydrogens is 652 g/mol. The number of halogens is 2. The molecule has 0 fully saturated rings. The van der Waals surface area contributed by atoms with Crippen molar-refractivity contribution in [2.45, 2.75) is 97.0 Å². The van der Waals surface area contributed by atoms with Crippen molar-refractivity contribution in [1.82, 2.24) is 0 Å². The van der Waals surface area contributed by atoms with Crippen LogP contribution in [0.25, 0.3) is 9.40 Å². The number of fused-ring (bicyclic) bond motifs is 1. The minimum absolute atomic E-state index is 0.471. The first-order valence-electron chi connectivity index (χ1n) is 13.1. The van der Waals surface area contributed by atoms with Gasteiger partial charge in [0.2, 0.25) is 0 Å². The van der Waals surface area contributed by atoms with Crippen LogP contribution < -0.4 is 0 Å². The molecule has 0 spiro atoms. The summed E-state index contributed by atoms with van der Waals surface area (Å²) in [6.45, 7) is 6.68. The van der Waals surface area contributed by atoms with E-state index >= 15 is 0 Å². The zero-order valence-corrected chi connectivity index (χ0v) is 27.8. The Kier molecular flexibility index (Phi) is 11.2. The Hall–Kier alpha value is -0.0200. The van der Waals surface area contributed by atoms with Gasteiger partial charge in [0.05, 0.1) is 4.88 Å². The van der Waals surface area contributed by atoms with Crippen molar-refractivity contribution in [1.29, 1.82) is 0 Å². The highest BCUT2D eigenvalue weighted by Crippen LogP contribution is 2.43. The van der Waals surface area contributed by atoms with Crippen LogP contribution in [0.3, 0.4) is 0 Å². The summed E-state index contributed by atoms with van der Waals surface area (Å²) in [5.74, 6) is 0.471. The van der Waals surface area contributed by atoms with Gasteiger partial charge in [-0.05, 0) is 74.9 Å². The van der Waals surface area contributed by atoms with E-state index in [9.17, 15) is 5.11 Å². The van der Waals surface area contributed by atoms with Crippen LogP contribution in [0.5, 0.6) is 0 Å². The standard InChI is InChI=1S/C29H36Br2OS4/c1-4-5-6-7-8-9-10-11-12-19-13-21(30)24(33-19)14-20-15-25-26(34-20)17-27(35-25)28(32)29-22(31)16-23(36-29)18(2)3/h13,15-18,28,32H,4-12,14H2,1-3H3. The Morgan fingerprint density at radius 1 is 0.722 bits per heavy atom. The molecule has 4 rings (SSSR count). The Bertz CT molecular complexity index is 1210. The largest absolute Gasteiger partial charge is 0.382 e. The zero-order chi connectivity index (χ0) is 25.7. The normalized spacial score (nSPS) is 12.9. The molecule has 36 heavy (non-hydrogen) atoms. The molecule has 0 saturated carbocycles. The third kappa shape index (κ3) is 7.55. The zero-order valence-electron chi connectivity index (χ0n) is 21.4. The van der Waals surface area contributed by atoms with Gasteiger partial charge in [0.15, 0.2) is 0 Å². The quantitative estimate of drug-likeness (QED) is 0.131. The summed E-state index contributed by atoms with van der Waals surface area (Å²) in [5, 5.41) is 11.1. The lowest BCUT2D eigenvalue weighted by Crippen LogP contribution is -1.94. The maximum absolute atomic E-state index is 11.1. The minimum Gasteiger partial charge on any atom is -0.382 e. The van der Waals surface area contributed by atoms with Crippen LogP contribution in [0.1, 0.15) is 113 Å². The van der Waals surface area contributed by atoms with Crippen molar-refractivity contribution in [3.63, 3.8) is 0 Å². The lowest BCUT2D eigenvalue weighted by molar-refractivity contribution is 0.227. The van der Waals surface area contributed by atoms with Gasteiger partial charge in [-0.15, -0.1) is 45.3 Å². The number of rotatable bonds is 14. The fraction of sp³-hybridized carbons (Fsp3) is 0.517. The summed E-state index contributed by atoms with van der Waals surface area (Å²) >= 11 is 14.8. The molecule has 0 radical (unpaired) electrons. The van der Waals surface area contributed by atoms with Crippen molar-refractivity contribution in [2.75, 3.05) is 0 Å². The second-order valence-corrected chi connectivity index (χ2v) is 16.2. The van der Waals surface area contributed by atoms with Crippen molar-refractivity contribution in [3.05, 3.63) is 62.5 Å². The van der Waals surface area contributed by atoms with Crippen molar-refractivity contribution in [3.8, 4) is 0 Å². The Balaban J connectivity index is 1.32. The molecule has 0 aliphatic heterocycles. The summed E-state index contributed by atoms with van der Waals surface area (Å²) < 4.78 is 4.85. The lowest BCUT2D eigenvalue weighted by Gasteiger charge is -2.06. The van der Waals surface area contributed by atoms with E-state index in [0.717, 1.165) is 20.6 Å². The number of aliphatic hydroxyl groups is 1. The summed E-state index contributed by atoms with van der Waals surface area (Å²) in [5.41, 5.74) is 0. The lowest BCUT2D eigenvalue weighted by atomic mass is 10.1. The third-order valence-corrected chi connectivity index (χ3v) is 13.4. The number of aryl methyl sites for hydroxylation is 1. The van der Waals surface area contributed by atoms with E-state index in [1.165, 1.54) is 91.2 Å². The molecule has 0 aliphatic rings. The van der Waals surface area contributed by atoms with Gasteiger partial charge in [-0.1, -0.05) is 65.7 Å². The number of aliphatic hydroxyl groups excluding tert-OH is 1. The molecular formula is C29H36Br2OS4. The topological polar surface area (TPSA) is 20.2 Å². The van der Waals surface area contributed by atoms with E-state index in [1.54, 1.807) is 22.7 Å². The first kappa shape index (κ1) is 29.0. The van der Waals surface area contributed by atoms with Gasteiger partial charge in [0, 0.05) is 49.2 Å². The van der Waals surface area contributed by atoms with Crippen LogP contribution in [0.4, 0.5) is 0 Å². The predicted octanol–water partition coefficient (Wildman–Crippen LogP) is 12.1. The highest BCUT2D eigenvalue weighted by molar-refractivity contribution is 9.10. The monoisotopic (exact) mass is 686 g/mol. The van der Waals surface area contributed by atoms with Crippen molar-refractivity contribution >= 4 is 86.6 Å². The molecule has 0 bridgehead atoms. The second-order valence-electron chi connectivity index (χ2n) is 9.89. The molecule has 0 amide bonds. The Morgan fingerprint density at radius 2 is 1.42 bits per heavy atom. The second kappa shape index (κ2) is 13.9. The summed E-state index contributed by atoms with van der Waals surface area (Å²) in [6.07, 6.45) is 12.6. The SMILES string of the molecule is CCCCCCCCCCc1cc(Br)c(Cc2cc3sc(C(O)c4sc(C(C)C)cc4Br)cc3s2)s1. The number of hydrogen-bond donors (Lipinski definition) is 1. The average molecular weight is 689 g/mol. The van der Waals surface area contributed by atoms with E-state index in [-0.39, 0.29) is 0 Å². The molecule has 1 N–H and O–H groups in total. The third-order valence-electron chi connectivity index (χ3n) is 6.52. The van der Waals surface area contributed by atoms with Gasteiger partial charge in [-0.25, -0.2) is 0 Å². The van der Waals surface area contributed by atoms with E-state index in [4.69, 9.17) is 0 Å². The molecule has 0 saturated heterocycles. The smallest absolute Gasteiger partial charge is 0.123 e. The maximum atomic E-state index is 11.1. The van der Waals surface area contributed by atoms with Gasteiger partial charge in [0.25, 0.3) is 0 Å². The summed E-state index contributed by atoms with van der Waals surface area (Å²) in [4.78, 5) is 7.69. The first-order valence-corrected chi connectivity index (χ1v) is 18.0. The molecule has 1 atom stereocenters. The van der Waals surface area contributed by atoms with Gasteiger partial charge in [-0.3, -0.25) is 0 Å². The van der Waals surface area contributed by atoms with E-state index < -0.39 is 6.10 Å². The maximum Gasteiger partial charge on any atom is 0.123 e. The number of hydrogen-bond acceptors (Lipinski definition) is 5. The first-order chi connectivity index (χ1) is 17.4. The minimum atomic E-state index is -0.560. The molecule has 0 aromatic carbocycles. The molecule has 196 valence electrons. The predicted molar refractivity (Wildman–Crippen MR) is 171 cm³/mol. The molecule has 4 aromatic rings. The van der Waals surface area contributed by atoms with Crippen LogP contribution in [0.15, 0.2) is 33.2 Å². The molecule has 0 aliphatic carbocycles. The van der Waals surface area contributed by atoms with Gasteiger partial charge in [-0.2, -0.15) is 0 Å². The van der Waals surface area contributed by atoms with Crippen LogP contribution in [-0.2, 0) is 12.8 Å². The van der Waals surface area contributed by atoms with Crippen LogP contribution >= 0.6 is 77.2 Å². The number of thiophene rings is 4. The van der Waals surface area contributed by atoms with E-state index in [0.29, 0.717) is 5.92 Å². The molecule has 4 heterocycles. The van der Waals surface area contributed by atoms with Crippen molar-refractivity contribution < 1.29 is 5.11 Å². The Morgan fingerprint density at radius 3 is 2.08 bits per heavy atom. The fourth-order valence-electron chi connectivity index (χ4n) is 4.42. The van der Waals surface area contributed by atoms with E-state index in [1.807, 2.05) is 22.7 Å². The molecule has 7 heteroatoms. The van der Waals surface area contributed by atoms with Crippen LogP contribution in [0.2, 0.25) is 0 Å². The van der Waals surface area contributed by atoms with E-state index in [2.05, 4.69) is 76.9 Å². The highest BCUT2D eigenvalue weighted by atomic mass is 79.9. The highest BCUT2D eigenvalue weighted by Gasteiger charge is 2.21.